The van der Waals surface area contributed by atoms with Gasteiger partial charge in [0.05, 0.1) is 5.57 Å². The van der Waals surface area contributed by atoms with Crippen molar-refractivity contribution in [2.24, 2.45) is 0 Å². The summed E-state index contributed by atoms with van der Waals surface area (Å²) in [5.41, 5.74) is 5.83. The smallest absolute Gasteiger partial charge is 0.275 e. The highest BCUT2D eigenvalue weighted by atomic mass is 19.2. The highest BCUT2D eigenvalue weighted by Crippen LogP contribution is 2.28. The fourth-order valence-corrected chi connectivity index (χ4v) is 2.29. The molecule has 1 heterocycles. The lowest BCUT2D eigenvalue weighted by atomic mass is 10.0. The molecule has 1 aliphatic heterocycles. The van der Waals surface area contributed by atoms with Crippen LogP contribution in [0.2, 0.25) is 0 Å². The van der Waals surface area contributed by atoms with E-state index in [9.17, 15) is 18.4 Å². The largest absolute Gasteiger partial charge is 0.399 e. The number of hydrogen-bond donors (Lipinski definition) is 3. The van der Waals surface area contributed by atoms with Crippen molar-refractivity contribution in [2.45, 2.75) is 0 Å². The molecule has 0 bridgehead atoms. The van der Waals surface area contributed by atoms with E-state index in [0.717, 1.165) is 6.07 Å². The molecular weight excluding hydrogens is 304 g/mol. The van der Waals surface area contributed by atoms with Gasteiger partial charge in [-0.05, 0) is 24.3 Å². The van der Waals surface area contributed by atoms with Crippen LogP contribution in [0.15, 0.2) is 48.2 Å². The molecule has 5 nitrogen and oxygen atoms in total. The molecule has 0 saturated heterocycles. The van der Waals surface area contributed by atoms with Crippen LogP contribution in [0.1, 0.15) is 5.56 Å². The molecule has 4 N–H and O–H groups in total. The van der Waals surface area contributed by atoms with Gasteiger partial charge in [-0.25, -0.2) is 8.78 Å². The van der Waals surface area contributed by atoms with Gasteiger partial charge in [0.25, 0.3) is 11.8 Å². The van der Waals surface area contributed by atoms with E-state index in [0.29, 0.717) is 11.4 Å². The Morgan fingerprint density at radius 1 is 1.00 bits per heavy atom. The minimum atomic E-state index is -1.20. The topological polar surface area (TPSA) is 84.2 Å². The first-order valence-electron chi connectivity index (χ1n) is 6.64. The van der Waals surface area contributed by atoms with E-state index in [2.05, 4.69) is 10.6 Å². The lowest BCUT2D eigenvalue weighted by molar-refractivity contribution is -0.123. The van der Waals surface area contributed by atoms with E-state index in [1.807, 2.05) is 0 Å². The van der Waals surface area contributed by atoms with Crippen molar-refractivity contribution in [3.8, 4) is 0 Å². The monoisotopic (exact) mass is 315 g/mol. The molecule has 0 spiro atoms. The van der Waals surface area contributed by atoms with E-state index in [1.165, 1.54) is 12.1 Å². The summed E-state index contributed by atoms with van der Waals surface area (Å²) in [6.45, 7) is 0. The molecular formula is C16H11F2N3O2. The van der Waals surface area contributed by atoms with Crippen molar-refractivity contribution in [2.75, 3.05) is 11.1 Å². The molecule has 7 heteroatoms. The molecule has 0 aliphatic carbocycles. The number of hydrogen-bond acceptors (Lipinski definition) is 4. The van der Waals surface area contributed by atoms with Crippen LogP contribution in [0.3, 0.4) is 0 Å². The first kappa shape index (κ1) is 14.7. The molecule has 0 atom stereocenters. The Balaban J connectivity index is 2.12. The summed E-state index contributed by atoms with van der Waals surface area (Å²) in [7, 11) is 0. The quantitative estimate of drug-likeness (QED) is 0.598. The maximum atomic E-state index is 14.0. The Bertz CT molecular complexity index is 862. The summed E-state index contributed by atoms with van der Waals surface area (Å²) in [6.07, 6.45) is 0. The normalized spacial score (nSPS) is 14.2. The molecule has 0 aromatic heterocycles. The maximum Gasteiger partial charge on any atom is 0.275 e. The second-order valence-corrected chi connectivity index (χ2v) is 4.89. The lowest BCUT2D eigenvalue weighted by Gasteiger charge is -2.09. The van der Waals surface area contributed by atoms with Crippen LogP contribution in [-0.4, -0.2) is 11.8 Å². The second kappa shape index (κ2) is 5.53. The van der Waals surface area contributed by atoms with Gasteiger partial charge in [-0.2, -0.15) is 0 Å². The van der Waals surface area contributed by atoms with Gasteiger partial charge in [-0.3, -0.25) is 14.9 Å². The highest BCUT2D eigenvalue weighted by molar-refractivity contribution is 6.36. The van der Waals surface area contributed by atoms with Crippen LogP contribution < -0.4 is 16.4 Å². The van der Waals surface area contributed by atoms with Crippen molar-refractivity contribution < 1.29 is 18.4 Å². The molecule has 0 unspecified atom stereocenters. The van der Waals surface area contributed by atoms with Gasteiger partial charge in [0.2, 0.25) is 0 Å². The Kier molecular flexibility index (Phi) is 3.53. The van der Waals surface area contributed by atoms with Gasteiger partial charge in [0.15, 0.2) is 11.6 Å². The maximum absolute atomic E-state index is 14.0. The van der Waals surface area contributed by atoms with Crippen LogP contribution in [0.4, 0.5) is 20.2 Å². The number of nitrogens with one attached hydrogen (secondary N) is 2. The number of nitrogen functional groups attached to an aromatic ring is 1. The van der Waals surface area contributed by atoms with Gasteiger partial charge < -0.3 is 11.1 Å². The zero-order chi connectivity index (χ0) is 16.6. The zero-order valence-corrected chi connectivity index (χ0v) is 11.7. The molecule has 116 valence electrons. The number of benzene rings is 2. The number of amides is 2. The van der Waals surface area contributed by atoms with E-state index >= 15 is 0 Å². The highest BCUT2D eigenvalue weighted by Gasteiger charge is 2.33. The Labute approximate surface area is 129 Å². The Hall–Kier alpha value is -3.22. The average molecular weight is 315 g/mol. The number of carbonyl (C=O) groups excluding carboxylic acids is 2. The summed E-state index contributed by atoms with van der Waals surface area (Å²) in [5, 5.41) is 4.80. The summed E-state index contributed by atoms with van der Waals surface area (Å²) in [4.78, 5) is 23.9. The fraction of sp³-hybridized carbons (Fsp3) is 0. The van der Waals surface area contributed by atoms with Crippen molar-refractivity contribution >= 4 is 28.8 Å². The van der Waals surface area contributed by atoms with Crippen molar-refractivity contribution in [3.05, 3.63) is 65.4 Å². The number of carbonyl (C=O) groups is 2. The SMILES string of the molecule is Nc1cccc(NC2=C(c3cccc(F)c3F)C(=O)NC2=O)c1. The third-order valence-corrected chi connectivity index (χ3v) is 3.31. The van der Waals surface area contributed by atoms with E-state index in [1.54, 1.807) is 24.3 Å². The molecule has 2 aromatic carbocycles. The predicted molar refractivity (Wildman–Crippen MR) is 80.9 cm³/mol. The van der Waals surface area contributed by atoms with Gasteiger partial charge >= 0.3 is 0 Å². The number of nitrogens with two attached hydrogens (primary N) is 1. The van der Waals surface area contributed by atoms with Crippen LogP contribution in [0, 0.1) is 11.6 Å². The minimum absolute atomic E-state index is 0.162. The third kappa shape index (κ3) is 2.64. The fourth-order valence-electron chi connectivity index (χ4n) is 2.29. The summed E-state index contributed by atoms with van der Waals surface area (Å²) < 4.78 is 27.4. The van der Waals surface area contributed by atoms with Crippen LogP contribution in [0.25, 0.3) is 5.57 Å². The van der Waals surface area contributed by atoms with Crippen molar-refractivity contribution in [1.29, 1.82) is 0 Å². The van der Waals surface area contributed by atoms with E-state index in [-0.39, 0.29) is 16.8 Å². The molecule has 1 aliphatic rings. The summed E-state index contributed by atoms with van der Waals surface area (Å²) >= 11 is 0. The first-order chi connectivity index (χ1) is 11.0. The van der Waals surface area contributed by atoms with E-state index < -0.39 is 23.4 Å². The van der Waals surface area contributed by atoms with Gasteiger partial charge in [-0.15, -0.1) is 0 Å². The van der Waals surface area contributed by atoms with Crippen LogP contribution >= 0.6 is 0 Å². The summed E-state index contributed by atoms with van der Waals surface area (Å²) in [5.74, 6) is -3.83. The zero-order valence-electron chi connectivity index (χ0n) is 11.7. The van der Waals surface area contributed by atoms with Crippen molar-refractivity contribution in [1.82, 2.24) is 5.32 Å². The molecule has 2 aromatic rings. The van der Waals surface area contributed by atoms with Crippen LogP contribution in [-0.2, 0) is 9.59 Å². The first-order valence-corrected chi connectivity index (χ1v) is 6.64. The van der Waals surface area contributed by atoms with E-state index in [4.69, 9.17) is 5.73 Å². The predicted octanol–water partition coefficient (Wildman–Crippen LogP) is 2.03. The molecule has 0 fully saturated rings. The van der Waals surface area contributed by atoms with Crippen LogP contribution in [0.5, 0.6) is 0 Å². The number of halogens is 2. The minimum Gasteiger partial charge on any atom is -0.399 e. The average Bonchev–Trinajstić information content (AvgIpc) is 2.77. The Morgan fingerprint density at radius 2 is 1.74 bits per heavy atom. The molecule has 3 rings (SSSR count). The number of anilines is 2. The number of rotatable bonds is 3. The summed E-state index contributed by atoms with van der Waals surface area (Å²) in [6, 6.07) is 9.88. The van der Waals surface area contributed by atoms with Gasteiger partial charge in [0, 0.05) is 16.9 Å². The molecule has 23 heavy (non-hydrogen) atoms. The standard InChI is InChI=1S/C16H11F2N3O2/c17-11-6-2-5-10(13(11)18)12-14(16(23)21-15(12)22)20-9-4-1-3-8(19)7-9/h1-7H,19H2,(H2,20,21,22,23). The number of imide groups is 1. The van der Waals surface area contributed by atoms with Crippen molar-refractivity contribution in [3.63, 3.8) is 0 Å². The Morgan fingerprint density at radius 3 is 2.48 bits per heavy atom. The third-order valence-electron chi connectivity index (χ3n) is 3.31. The molecule has 0 saturated carbocycles. The lowest BCUT2D eigenvalue weighted by Crippen LogP contribution is -2.24. The molecule has 2 amide bonds. The van der Waals surface area contributed by atoms with Gasteiger partial charge in [-0.1, -0.05) is 18.2 Å². The van der Waals surface area contributed by atoms with Gasteiger partial charge in [0.1, 0.15) is 5.70 Å². The second-order valence-electron chi connectivity index (χ2n) is 4.89. The molecule has 0 radical (unpaired) electrons.